The Morgan fingerprint density at radius 1 is 0.314 bits per heavy atom. The molecule has 0 aliphatic heterocycles. The van der Waals surface area contributed by atoms with Crippen molar-refractivity contribution in [2.24, 2.45) is 0 Å². The fourth-order valence-corrected chi connectivity index (χ4v) is 6.99. The van der Waals surface area contributed by atoms with Gasteiger partial charge in [-0.1, -0.05) is 170 Å². The predicted molar refractivity (Wildman–Crippen MR) is 218 cm³/mol. The van der Waals surface area contributed by atoms with E-state index in [1.165, 1.54) is 0 Å². The molecule has 0 amide bonds. The van der Waals surface area contributed by atoms with Crippen molar-refractivity contribution in [3.63, 3.8) is 0 Å². The van der Waals surface area contributed by atoms with Gasteiger partial charge in [-0.2, -0.15) is 0 Å². The molecule has 240 valence electrons. The first-order valence-corrected chi connectivity index (χ1v) is 17.2. The largest absolute Gasteiger partial charge is 0.310 e. The minimum absolute atomic E-state index is 0.0854. The first-order chi connectivity index (χ1) is 27.0. The van der Waals surface area contributed by atoms with Crippen LogP contribution in [0, 0.1) is 0 Å². The second-order valence-corrected chi connectivity index (χ2v) is 12.7. The Kier molecular flexibility index (Phi) is 6.84. The Labute approximate surface area is 305 Å². The molecule has 0 spiro atoms. The lowest BCUT2D eigenvalue weighted by Gasteiger charge is -2.27. The number of fused-ring (bicyclic) bond motifs is 2. The molecular formula is C50H35N. The summed E-state index contributed by atoms with van der Waals surface area (Å²) in [6.45, 7) is 0. The molecule has 9 aromatic rings. The third kappa shape index (κ3) is 5.96. The number of anilines is 3. The maximum atomic E-state index is 9.42. The van der Waals surface area contributed by atoms with E-state index in [-0.39, 0.29) is 35.4 Å². The van der Waals surface area contributed by atoms with Crippen molar-refractivity contribution in [1.82, 2.24) is 0 Å². The van der Waals surface area contributed by atoms with E-state index in [0.717, 1.165) is 60.6 Å². The molecule has 0 heterocycles. The summed E-state index contributed by atoms with van der Waals surface area (Å²) in [6.07, 6.45) is 0. The van der Waals surface area contributed by atoms with Gasteiger partial charge in [0.1, 0.15) is 0 Å². The molecule has 9 aromatic carbocycles. The molecule has 0 saturated carbocycles. The van der Waals surface area contributed by atoms with Crippen molar-refractivity contribution in [3.8, 4) is 44.5 Å². The molecule has 0 saturated heterocycles. The Morgan fingerprint density at radius 2 is 0.902 bits per heavy atom. The molecule has 0 fully saturated rings. The lowest BCUT2D eigenvalue weighted by molar-refractivity contribution is 1.28. The second kappa shape index (κ2) is 13.3. The van der Waals surface area contributed by atoms with Gasteiger partial charge in [0.25, 0.3) is 0 Å². The summed E-state index contributed by atoms with van der Waals surface area (Å²) >= 11 is 0. The van der Waals surface area contributed by atoms with E-state index >= 15 is 0 Å². The monoisotopic (exact) mass is 653 g/mol. The topological polar surface area (TPSA) is 3.24 Å². The highest BCUT2D eigenvalue weighted by atomic mass is 15.1. The maximum Gasteiger partial charge on any atom is 0.0645 e. The van der Waals surface area contributed by atoms with Gasteiger partial charge in [-0.05, 0) is 108 Å². The van der Waals surface area contributed by atoms with Crippen molar-refractivity contribution >= 4 is 38.6 Å². The van der Waals surface area contributed by atoms with Crippen LogP contribution in [-0.2, 0) is 0 Å². The second-order valence-electron chi connectivity index (χ2n) is 12.7. The Bertz CT molecular complexity index is 2820. The van der Waals surface area contributed by atoms with Crippen molar-refractivity contribution in [2.45, 2.75) is 0 Å². The Hall–Kier alpha value is -6.70. The Balaban J connectivity index is 1.24. The molecule has 0 aliphatic rings. The van der Waals surface area contributed by atoms with Gasteiger partial charge < -0.3 is 4.90 Å². The van der Waals surface area contributed by atoms with E-state index in [0.29, 0.717) is 11.3 Å². The Morgan fingerprint density at radius 3 is 1.67 bits per heavy atom. The van der Waals surface area contributed by atoms with Crippen LogP contribution in [0.5, 0.6) is 0 Å². The lowest BCUT2D eigenvalue weighted by atomic mass is 9.89. The molecule has 0 N–H and O–H groups in total. The average molecular weight is 654 g/mol. The van der Waals surface area contributed by atoms with E-state index < -0.39 is 0 Å². The zero-order chi connectivity index (χ0) is 37.5. The van der Waals surface area contributed by atoms with Crippen molar-refractivity contribution < 1.29 is 5.48 Å². The normalized spacial score (nSPS) is 12.2. The van der Waals surface area contributed by atoms with Crippen LogP contribution >= 0.6 is 0 Å². The molecular weight excluding hydrogens is 615 g/mol. The molecule has 0 unspecified atom stereocenters. The highest BCUT2D eigenvalue weighted by molar-refractivity contribution is 6.04. The highest BCUT2D eigenvalue weighted by Gasteiger charge is 2.17. The van der Waals surface area contributed by atoms with Gasteiger partial charge >= 0.3 is 0 Å². The summed E-state index contributed by atoms with van der Waals surface area (Å²) < 4.78 is 37.2. The molecule has 0 aromatic heterocycles. The van der Waals surface area contributed by atoms with Gasteiger partial charge in [0.15, 0.2) is 0 Å². The standard InChI is InChI=1S/C50H35N/c1-3-12-36(13-4-1)38-24-29-45(30-25-38)51(47-20-11-19-43(35-47)44-23-22-37-14-7-8-18-42(37)34-44)46-31-26-41(27-32-46)50-48-21-10-9-17-40(48)28-33-49(50)39-15-5-2-6-16-39/h1-35H/i24D,25D,29D,30D. The highest BCUT2D eigenvalue weighted by Crippen LogP contribution is 2.42. The van der Waals surface area contributed by atoms with Gasteiger partial charge in [-0.25, -0.2) is 0 Å². The van der Waals surface area contributed by atoms with Crippen LogP contribution in [0.1, 0.15) is 5.48 Å². The average Bonchev–Trinajstić information content (AvgIpc) is 3.25. The zero-order valence-electron chi connectivity index (χ0n) is 31.8. The summed E-state index contributed by atoms with van der Waals surface area (Å²) in [6, 6.07) is 63.0. The molecule has 0 aliphatic carbocycles. The summed E-state index contributed by atoms with van der Waals surface area (Å²) in [4.78, 5) is 1.87. The van der Waals surface area contributed by atoms with Crippen LogP contribution in [0.15, 0.2) is 212 Å². The van der Waals surface area contributed by atoms with Gasteiger partial charge in [0.05, 0.1) is 5.48 Å². The summed E-state index contributed by atoms with van der Waals surface area (Å²) in [5, 5.41) is 4.59. The third-order valence-corrected chi connectivity index (χ3v) is 9.51. The molecule has 1 heteroatoms. The zero-order valence-corrected chi connectivity index (χ0v) is 27.8. The minimum atomic E-state index is -0.111. The van der Waals surface area contributed by atoms with Gasteiger partial charge in [0.2, 0.25) is 0 Å². The van der Waals surface area contributed by atoms with Crippen molar-refractivity contribution in [3.05, 3.63) is 212 Å². The quantitative estimate of drug-likeness (QED) is 0.165. The molecule has 1 nitrogen and oxygen atoms in total. The smallest absolute Gasteiger partial charge is 0.0645 e. The number of hydrogen-bond donors (Lipinski definition) is 0. The minimum Gasteiger partial charge on any atom is -0.310 e. The number of hydrogen-bond acceptors (Lipinski definition) is 1. The van der Waals surface area contributed by atoms with E-state index in [4.69, 9.17) is 0 Å². The number of nitrogens with zero attached hydrogens (tertiary/aromatic N) is 1. The summed E-state index contributed by atoms with van der Waals surface area (Å²) in [5.41, 5.74) is 8.98. The van der Waals surface area contributed by atoms with Crippen molar-refractivity contribution in [2.75, 3.05) is 4.90 Å². The van der Waals surface area contributed by atoms with Crippen LogP contribution in [-0.4, -0.2) is 0 Å². The van der Waals surface area contributed by atoms with Gasteiger partial charge in [-0.15, -0.1) is 0 Å². The van der Waals surface area contributed by atoms with Crippen LogP contribution in [0.2, 0.25) is 0 Å². The lowest BCUT2D eigenvalue weighted by Crippen LogP contribution is -2.10. The maximum absolute atomic E-state index is 9.42. The first-order valence-electron chi connectivity index (χ1n) is 19.2. The molecule has 51 heavy (non-hydrogen) atoms. The molecule has 0 bridgehead atoms. The third-order valence-electron chi connectivity index (χ3n) is 9.51. The van der Waals surface area contributed by atoms with E-state index in [2.05, 4.69) is 115 Å². The summed E-state index contributed by atoms with van der Waals surface area (Å²) in [7, 11) is 0. The van der Waals surface area contributed by atoms with Gasteiger partial charge in [-0.3, -0.25) is 0 Å². The molecule has 0 atom stereocenters. The van der Waals surface area contributed by atoms with Crippen LogP contribution in [0.4, 0.5) is 17.1 Å². The molecule has 9 rings (SSSR count). The van der Waals surface area contributed by atoms with Gasteiger partial charge in [0, 0.05) is 17.1 Å². The van der Waals surface area contributed by atoms with Crippen LogP contribution in [0.25, 0.3) is 66.1 Å². The van der Waals surface area contributed by atoms with Crippen LogP contribution < -0.4 is 4.90 Å². The SMILES string of the molecule is [2H]c1c([2H])c(N(c2ccc(-c3c(-c4ccccc4)ccc4ccccc34)cc2)c2cccc(-c3ccc4ccccc4c3)c2)c([2H])c([2H])c1-c1ccccc1. The van der Waals surface area contributed by atoms with E-state index in [9.17, 15) is 5.48 Å². The van der Waals surface area contributed by atoms with E-state index in [1.54, 1.807) is 0 Å². The fraction of sp³-hybridized carbons (Fsp3) is 0. The predicted octanol–water partition coefficient (Wildman–Crippen LogP) is 14.1. The van der Waals surface area contributed by atoms with Crippen LogP contribution in [0.3, 0.4) is 0 Å². The first kappa shape index (κ1) is 26.2. The summed E-state index contributed by atoms with van der Waals surface area (Å²) in [5.74, 6) is 0. The van der Waals surface area contributed by atoms with E-state index in [1.807, 2.05) is 77.7 Å². The number of benzene rings is 9. The molecule has 0 radical (unpaired) electrons. The van der Waals surface area contributed by atoms with Crippen molar-refractivity contribution in [1.29, 1.82) is 0 Å². The fourth-order valence-electron chi connectivity index (χ4n) is 6.99. The number of rotatable bonds is 7.